The van der Waals surface area contributed by atoms with Crippen molar-refractivity contribution in [1.82, 2.24) is 5.32 Å². The van der Waals surface area contributed by atoms with Crippen molar-refractivity contribution in [1.29, 1.82) is 0 Å². The number of nitrogens with two attached hydrogens (primary N) is 1. The number of hydrogen-bond acceptors (Lipinski definition) is 8. The number of dihydropyridines is 1. The van der Waals surface area contributed by atoms with Crippen molar-refractivity contribution in [3.8, 4) is 0 Å². The lowest BCUT2D eigenvalue weighted by Gasteiger charge is -2.32. The molecular weight excluding hydrogens is 508 g/mol. The molecule has 2 fully saturated rings. The van der Waals surface area contributed by atoms with Gasteiger partial charge < -0.3 is 30.0 Å². The zero-order valence-electron chi connectivity index (χ0n) is 22.3. The molecule has 0 aromatic heterocycles. The van der Waals surface area contributed by atoms with Crippen LogP contribution < -0.4 is 11.1 Å². The van der Waals surface area contributed by atoms with Gasteiger partial charge in [-0.25, -0.2) is 9.59 Å². The number of rotatable bonds is 15. The number of benzene rings is 1. The summed E-state index contributed by atoms with van der Waals surface area (Å²) in [7, 11) is 0. The minimum absolute atomic E-state index is 0.103. The maximum absolute atomic E-state index is 13.7. The van der Waals surface area contributed by atoms with Gasteiger partial charge >= 0.3 is 11.9 Å². The number of ether oxygens (including phenoxy) is 4. The van der Waals surface area contributed by atoms with Gasteiger partial charge in [0.2, 0.25) is 0 Å². The molecule has 1 aromatic rings. The molecular formula is C29H39ClN2O6. The van der Waals surface area contributed by atoms with Gasteiger partial charge in [0, 0.05) is 17.3 Å². The Balaban J connectivity index is 1.62. The molecule has 2 aliphatic carbocycles. The molecule has 3 N–H and O–H groups in total. The Hall–Kier alpha value is -2.39. The molecule has 8 nitrogen and oxygen atoms in total. The molecule has 0 saturated heterocycles. The van der Waals surface area contributed by atoms with Crippen LogP contribution in [0.1, 0.15) is 51.0 Å². The molecule has 1 aromatic carbocycles. The van der Waals surface area contributed by atoms with Crippen molar-refractivity contribution >= 4 is 23.5 Å². The number of carbonyl (C=O) groups excluding carboxylic acids is 2. The molecule has 0 unspecified atom stereocenters. The van der Waals surface area contributed by atoms with Gasteiger partial charge in [-0.1, -0.05) is 29.8 Å². The number of carbonyl (C=O) groups is 2. The molecule has 3 aliphatic rings. The first kappa shape index (κ1) is 28.6. The summed E-state index contributed by atoms with van der Waals surface area (Å²) in [5, 5.41) is 3.69. The molecule has 9 heteroatoms. The van der Waals surface area contributed by atoms with E-state index < -0.39 is 17.9 Å². The largest absolute Gasteiger partial charge is 0.463 e. The summed E-state index contributed by atoms with van der Waals surface area (Å²) in [5.41, 5.74) is 7.87. The lowest BCUT2D eigenvalue weighted by atomic mass is 9.80. The van der Waals surface area contributed by atoms with E-state index in [1.807, 2.05) is 25.1 Å². The van der Waals surface area contributed by atoms with Crippen LogP contribution in [0.4, 0.5) is 0 Å². The lowest BCUT2D eigenvalue weighted by molar-refractivity contribution is -0.141. The first-order valence-electron chi connectivity index (χ1n) is 13.6. The Labute approximate surface area is 229 Å². The molecule has 1 aliphatic heterocycles. The predicted molar refractivity (Wildman–Crippen MR) is 144 cm³/mol. The number of halogens is 1. The highest BCUT2D eigenvalue weighted by atomic mass is 35.5. The van der Waals surface area contributed by atoms with E-state index in [2.05, 4.69) is 5.32 Å². The summed E-state index contributed by atoms with van der Waals surface area (Å²) >= 11 is 6.64. The van der Waals surface area contributed by atoms with Gasteiger partial charge in [-0.05, 0) is 68.9 Å². The highest BCUT2D eigenvalue weighted by Crippen LogP contribution is 2.49. The lowest BCUT2D eigenvalue weighted by Crippen LogP contribution is -2.35. The average molecular weight is 547 g/mol. The summed E-state index contributed by atoms with van der Waals surface area (Å²) in [6, 6.07) is 7.23. The van der Waals surface area contributed by atoms with E-state index in [9.17, 15) is 9.59 Å². The van der Waals surface area contributed by atoms with Crippen LogP contribution >= 0.6 is 11.6 Å². The summed E-state index contributed by atoms with van der Waals surface area (Å²) in [6.07, 6.45) is 4.84. The highest BCUT2D eigenvalue weighted by molar-refractivity contribution is 6.31. The van der Waals surface area contributed by atoms with Crippen molar-refractivity contribution < 1.29 is 28.5 Å². The second-order valence-corrected chi connectivity index (χ2v) is 10.5. The zero-order valence-corrected chi connectivity index (χ0v) is 23.1. The topological polar surface area (TPSA) is 109 Å². The number of hydrogen-bond donors (Lipinski definition) is 2. The molecule has 38 heavy (non-hydrogen) atoms. The van der Waals surface area contributed by atoms with Gasteiger partial charge in [0.1, 0.15) is 0 Å². The van der Waals surface area contributed by atoms with Crippen LogP contribution in [0.2, 0.25) is 5.02 Å². The zero-order chi connectivity index (χ0) is 27.1. The summed E-state index contributed by atoms with van der Waals surface area (Å²) in [6.45, 7) is 5.83. The monoisotopic (exact) mass is 546 g/mol. The maximum atomic E-state index is 13.7. The van der Waals surface area contributed by atoms with Crippen LogP contribution in [-0.2, 0) is 28.5 Å². The molecule has 0 bridgehead atoms. The van der Waals surface area contributed by atoms with Gasteiger partial charge in [-0.15, -0.1) is 0 Å². The minimum atomic E-state index is -0.760. The van der Waals surface area contributed by atoms with Crippen molar-refractivity contribution in [3.05, 3.63) is 57.4 Å². The van der Waals surface area contributed by atoms with Crippen LogP contribution in [-0.4, -0.2) is 58.1 Å². The van der Waals surface area contributed by atoms with Gasteiger partial charge in [0.25, 0.3) is 0 Å². The van der Waals surface area contributed by atoms with E-state index in [1.165, 1.54) is 25.7 Å². The molecule has 0 amide bonds. The summed E-state index contributed by atoms with van der Waals surface area (Å²) in [4.78, 5) is 27.1. The first-order valence-corrected chi connectivity index (χ1v) is 14.0. The van der Waals surface area contributed by atoms with Crippen LogP contribution in [0, 0.1) is 17.8 Å². The van der Waals surface area contributed by atoms with Crippen molar-refractivity contribution in [3.63, 3.8) is 0 Å². The van der Waals surface area contributed by atoms with Crippen molar-refractivity contribution in [2.45, 2.75) is 45.4 Å². The molecule has 0 spiro atoms. The van der Waals surface area contributed by atoms with Crippen molar-refractivity contribution in [2.75, 3.05) is 46.2 Å². The predicted octanol–water partition coefficient (Wildman–Crippen LogP) is 4.09. The third-order valence-electron chi connectivity index (χ3n) is 7.32. The van der Waals surface area contributed by atoms with Crippen LogP contribution in [0.15, 0.2) is 46.8 Å². The van der Waals surface area contributed by atoms with E-state index in [0.29, 0.717) is 83.9 Å². The van der Waals surface area contributed by atoms with E-state index in [-0.39, 0.29) is 13.2 Å². The number of nitrogens with one attached hydrogen (secondary N) is 1. The number of allylic oxidation sites excluding steroid dienone is 1. The standard InChI is InChI=1S/C29H39ClN2O6/c1-3-37-29(34)27-24(17-36-15-14-35-13-12-31)32-18(2)25(26(27)21-6-4-5-7-23(21)30)28(33)38-16-22(19-8-9-19)20-10-11-20/h4-7,19-20,22,26,32H,3,8-17,31H2,1-2H3/t26-/m0/s1. The van der Waals surface area contributed by atoms with Crippen LogP contribution in [0.5, 0.6) is 0 Å². The van der Waals surface area contributed by atoms with Crippen LogP contribution in [0.3, 0.4) is 0 Å². The highest BCUT2D eigenvalue weighted by Gasteiger charge is 2.44. The van der Waals surface area contributed by atoms with E-state index in [4.69, 9.17) is 36.3 Å². The smallest absolute Gasteiger partial charge is 0.336 e. The van der Waals surface area contributed by atoms with Crippen molar-refractivity contribution in [2.24, 2.45) is 23.5 Å². The average Bonchev–Trinajstić information content (AvgIpc) is 3.81. The Morgan fingerprint density at radius 1 is 1.00 bits per heavy atom. The Morgan fingerprint density at radius 3 is 2.29 bits per heavy atom. The fraction of sp³-hybridized carbons (Fsp3) is 0.586. The second-order valence-electron chi connectivity index (χ2n) is 10.1. The van der Waals surface area contributed by atoms with Gasteiger partial charge in [-0.3, -0.25) is 0 Å². The Kier molecular flexibility index (Phi) is 10.2. The molecule has 2 saturated carbocycles. The molecule has 1 atom stereocenters. The first-order chi connectivity index (χ1) is 18.5. The maximum Gasteiger partial charge on any atom is 0.336 e. The quantitative estimate of drug-likeness (QED) is 0.250. The SMILES string of the molecule is CCOC(=O)C1=C(COCCOCCN)NC(C)=C(C(=O)OCC(C2CC2)C2CC2)[C@@H]1c1ccccc1Cl. The Bertz CT molecular complexity index is 1050. The molecule has 4 rings (SSSR count). The molecule has 0 radical (unpaired) electrons. The van der Waals surface area contributed by atoms with Gasteiger partial charge in [-0.2, -0.15) is 0 Å². The summed E-state index contributed by atoms with van der Waals surface area (Å²) < 4.78 is 22.6. The van der Waals surface area contributed by atoms with Gasteiger partial charge in [0.15, 0.2) is 0 Å². The summed E-state index contributed by atoms with van der Waals surface area (Å²) in [5.74, 6) is -0.00845. The third kappa shape index (κ3) is 7.17. The third-order valence-corrected chi connectivity index (χ3v) is 7.66. The minimum Gasteiger partial charge on any atom is -0.463 e. The number of esters is 2. The normalized spacial score (nSPS) is 19.6. The van der Waals surface area contributed by atoms with Gasteiger partial charge in [0.05, 0.1) is 62.4 Å². The van der Waals surface area contributed by atoms with Crippen LogP contribution in [0.25, 0.3) is 0 Å². The molecule has 1 heterocycles. The fourth-order valence-electron chi connectivity index (χ4n) is 5.18. The fourth-order valence-corrected chi connectivity index (χ4v) is 5.43. The Morgan fingerprint density at radius 2 is 1.66 bits per heavy atom. The second kappa shape index (κ2) is 13.6. The van der Waals surface area contributed by atoms with E-state index in [0.717, 1.165) is 0 Å². The van der Waals surface area contributed by atoms with E-state index >= 15 is 0 Å². The van der Waals surface area contributed by atoms with E-state index in [1.54, 1.807) is 13.0 Å². The molecule has 208 valence electrons.